The predicted molar refractivity (Wildman–Crippen MR) is 94.2 cm³/mol. The fourth-order valence-corrected chi connectivity index (χ4v) is 3.14. The molecule has 1 unspecified atom stereocenters. The van der Waals surface area contributed by atoms with Crippen LogP contribution < -0.4 is 9.47 Å². The van der Waals surface area contributed by atoms with E-state index in [1.807, 2.05) is 0 Å². The third-order valence-corrected chi connectivity index (χ3v) is 4.38. The molecule has 0 bridgehead atoms. The smallest absolute Gasteiger partial charge is 0.338 e. The van der Waals surface area contributed by atoms with Crippen molar-refractivity contribution >= 4 is 11.7 Å². The Bertz CT molecular complexity index is 887. The highest BCUT2D eigenvalue weighted by Gasteiger charge is 2.38. The van der Waals surface area contributed by atoms with Crippen molar-refractivity contribution in [2.45, 2.75) is 19.8 Å². The number of rotatable bonds is 4. The van der Waals surface area contributed by atoms with Crippen molar-refractivity contribution in [3.05, 3.63) is 34.5 Å². The molecule has 7 nitrogen and oxygen atoms in total. The van der Waals surface area contributed by atoms with E-state index >= 15 is 0 Å². The second-order valence-electron chi connectivity index (χ2n) is 5.73. The van der Waals surface area contributed by atoms with Crippen LogP contribution >= 0.6 is 0 Å². The molecule has 1 aromatic rings. The summed E-state index contributed by atoms with van der Waals surface area (Å²) in [7, 11) is 4.18. The van der Waals surface area contributed by atoms with Gasteiger partial charge in [-0.2, -0.15) is 10.5 Å². The number of nitrogens with zero attached hydrogens (tertiary/aromatic N) is 3. The van der Waals surface area contributed by atoms with Crippen LogP contribution in [0.25, 0.3) is 0 Å². The summed E-state index contributed by atoms with van der Waals surface area (Å²) in [4.78, 5) is 16.7. The van der Waals surface area contributed by atoms with Gasteiger partial charge in [0.2, 0.25) is 0 Å². The van der Waals surface area contributed by atoms with E-state index in [0.29, 0.717) is 34.0 Å². The molecule has 0 saturated carbocycles. The van der Waals surface area contributed by atoms with E-state index < -0.39 is 17.8 Å². The number of benzene rings is 1. The van der Waals surface area contributed by atoms with Gasteiger partial charge in [0.25, 0.3) is 0 Å². The molecule has 0 spiro atoms. The van der Waals surface area contributed by atoms with Crippen LogP contribution in [-0.2, 0) is 4.74 Å². The Kier molecular flexibility index (Phi) is 5.64. The van der Waals surface area contributed by atoms with Crippen molar-refractivity contribution in [1.29, 1.82) is 10.5 Å². The van der Waals surface area contributed by atoms with Gasteiger partial charge in [-0.15, -0.1) is 0 Å². The zero-order valence-corrected chi connectivity index (χ0v) is 15.3. The third kappa shape index (κ3) is 3.12. The highest BCUT2D eigenvalue weighted by atomic mass is 16.5. The minimum atomic E-state index is -0.709. The Hall–Kier alpha value is -3.32. The van der Waals surface area contributed by atoms with Crippen LogP contribution in [0.4, 0.5) is 0 Å². The maximum Gasteiger partial charge on any atom is 0.338 e. The van der Waals surface area contributed by atoms with E-state index in [1.165, 1.54) is 27.4 Å². The summed E-state index contributed by atoms with van der Waals surface area (Å²) < 4.78 is 15.6. The van der Waals surface area contributed by atoms with Gasteiger partial charge in [0, 0.05) is 23.3 Å². The van der Waals surface area contributed by atoms with E-state index in [0.717, 1.165) is 0 Å². The summed E-state index contributed by atoms with van der Waals surface area (Å²) in [6, 6.07) is 7.46. The number of allylic oxidation sites excluding steroid dienone is 2. The van der Waals surface area contributed by atoms with E-state index in [2.05, 4.69) is 17.1 Å². The first-order valence-corrected chi connectivity index (χ1v) is 7.83. The minimum absolute atomic E-state index is 0.184. The van der Waals surface area contributed by atoms with Gasteiger partial charge in [-0.3, -0.25) is 4.99 Å². The first-order chi connectivity index (χ1) is 12.4. The van der Waals surface area contributed by atoms with Crippen molar-refractivity contribution in [3.8, 4) is 23.6 Å². The monoisotopic (exact) mass is 353 g/mol. The minimum Gasteiger partial charge on any atom is -0.497 e. The van der Waals surface area contributed by atoms with Crippen molar-refractivity contribution < 1.29 is 19.0 Å². The van der Waals surface area contributed by atoms with E-state index in [9.17, 15) is 15.3 Å². The van der Waals surface area contributed by atoms with Gasteiger partial charge in [-0.25, -0.2) is 4.79 Å². The number of methoxy groups -OCH3 is 3. The van der Waals surface area contributed by atoms with Gasteiger partial charge < -0.3 is 14.2 Å². The second kappa shape index (κ2) is 7.71. The molecule has 1 aliphatic heterocycles. The molecule has 1 heterocycles. The number of carbonyl (C=O) groups is 1. The van der Waals surface area contributed by atoms with Gasteiger partial charge in [-0.05, 0) is 19.9 Å². The summed E-state index contributed by atoms with van der Waals surface area (Å²) >= 11 is 0. The first kappa shape index (κ1) is 19.0. The number of hydrogen-bond donors (Lipinski definition) is 0. The molecule has 2 rings (SSSR count). The largest absolute Gasteiger partial charge is 0.497 e. The van der Waals surface area contributed by atoms with Crippen LogP contribution in [0, 0.1) is 28.6 Å². The molecule has 1 aliphatic rings. The summed E-state index contributed by atoms with van der Waals surface area (Å²) in [6.45, 7) is 3.43. The average molecular weight is 353 g/mol. The van der Waals surface area contributed by atoms with Crippen LogP contribution in [0.1, 0.15) is 35.7 Å². The van der Waals surface area contributed by atoms with Crippen LogP contribution in [-0.4, -0.2) is 33.0 Å². The lowest BCUT2D eigenvalue weighted by molar-refractivity contribution is 0.0598. The summed E-state index contributed by atoms with van der Waals surface area (Å²) in [5.74, 6) is -1.27. The van der Waals surface area contributed by atoms with Crippen molar-refractivity contribution in [3.63, 3.8) is 0 Å². The molecule has 7 heteroatoms. The quantitative estimate of drug-likeness (QED) is 0.771. The summed E-state index contributed by atoms with van der Waals surface area (Å²) in [6.07, 6.45) is 0. The normalized spacial score (nSPS) is 19.1. The highest BCUT2D eigenvalue weighted by molar-refractivity contribution is 5.95. The molecule has 134 valence electrons. The van der Waals surface area contributed by atoms with Crippen LogP contribution in [0.5, 0.6) is 11.5 Å². The standard InChI is InChI=1S/C19H19N3O4/c1-10-14(8-20)17(15(9-21)11(2)22-10)18-13(19(23)26-5)6-12(24-3)7-16(18)25-4/h6-7,14,17H,1-5H3/t14?,17-/m1/s1. The SMILES string of the molecule is COC(=O)c1cc(OC)cc(OC)c1[C@H]1C(C#N)=C(C)N=C(C)C1C#N. The Morgan fingerprint density at radius 1 is 1.15 bits per heavy atom. The van der Waals surface area contributed by atoms with Crippen molar-refractivity contribution in [1.82, 2.24) is 0 Å². The van der Waals surface area contributed by atoms with Crippen molar-refractivity contribution in [2.24, 2.45) is 10.9 Å². The van der Waals surface area contributed by atoms with E-state index in [-0.39, 0.29) is 5.56 Å². The molecule has 0 saturated heterocycles. The molecule has 0 amide bonds. The number of esters is 1. The molecule has 0 radical (unpaired) electrons. The highest BCUT2D eigenvalue weighted by Crippen LogP contribution is 2.45. The van der Waals surface area contributed by atoms with Crippen LogP contribution in [0.15, 0.2) is 28.4 Å². The van der Waals surface area contributed by atoms with Crippen LogP contribution in [0.3, 0.4) is 0 Å². The fourth-order valence-electron chi connectivity index (χ4n) is 3.14. The Morgan fingerprint density at radius 2 is 1.85 bits per heavy atom. The number of aliphatic imine (C=N–C) groups is 1. The molecule has 0 aliphatic carbocycles. The molecule has 0 N–H and O–H groups in total. The van der Waals surface area contributed by atoms with Gasteiger partial charge in [-0.1, -0.05) is 0 Å². The maximum absolute atomic E-state index is 12.4. The third-order valence-electron chi connectivity index (χ3n) is 4.38. The van der Waals surface area contributed by atoms with Gasteiger partial charge in [0.15, 0.2) is 0 Å². The van der Waals surface area contributed by atoms with Gasteiger partial charge in [0.05, 0.1) is 56.2 Å². The van der Waals surface area contributed by atoms with E-state index in [4.69, 9.17) is 14.2 Å². The van der Waals surface area contributed by atoms with Gasteiger partial charge in [0.1, 0.15) is 11.5 Å². The molecule has 1 aromatic carbocycles. The molecular weight excluding hydrogens is 334 g/mol. The Balaban J connectivity index is 2.88. The number of nitriles is 2. The first-order valence-electron chi connectivity index (χ1n) is 7.83. The Labute approximate surface area is 152 Å². The lowest BCUT2D eigenvalue weighted by Crippen LogP contribution is -2.27. The molecule has 0 aromatic heterocycles. The molecule has 26 heavy (non-hydrogen) atoms. The molecule has 0 fully saturated rings. The summed E-state index contributed by atoms with van der Waals surface area (Å²) in [5, 5.41) is 19.4. The van der Waals surface area contributed by atoms with Crippen molar-refractivity contribution in [2.75, 3.05) is 21.3 Å². The maximum atomic E-state index is 12.4. The second-order valence-corrected chi connectivity index (χ2v) is 5.73. The summed E-state index contributed by atoms with van der Waals surface area (Å²) in [5.41, 5.74) is 2.00. The van der Waals surface area contributed by atoms with Crippen LogP contribution in [0.2, 0.25) is 0 Å². The average Bonchev–Trinajstić information content (AvgIpc) is 2.65. The lowest BCUT2D eigenvalue weighted by atomic mass is 9.75. The zero-order chi connectivity index (χ0) is 19.4. The lowest BCUT2D eigenvalue weighted by Gasteiger charge is -2.29. The predicted octanol–water partition coefficient (Wildman–Crippen LogP) is 2.99. The number of hydrogen-bond acceptors (Lipinski definition) is 7. The topological polar surface area (TPSA) is 105 Å². The number of carbonyl (C=O) groups excluding carboxylic acids is 1. The van der Waals surface area contributed by atoms with E-state index in [1.54, 1.807) is 19.9 Å². The molecule has 2 atom stereocenters. The fraction of sp³-hybridized carbons (Fsp3) is 0.368. The van der Waals surface area contributed by atoms with Gasteiger partial charge >= 0.3 is 5.97 Å². The zero-order valence-electron chi connectivity index (χ0n) is 15.3. The molecular formula is C19H19N3O4. The Morgan fingerprint density at radius 3 is 2.35 bits per heavy atom. The number of ether oxygens (including phenoxy) is 3.